The summed E-state index contributed by atoms with van der Waals surface area (Å²) in [5.41, 5.74) is 0.316. The lowest BCUT2D eigenvalue weighted by Crippen LogP contribution is -2.39. The zero-order chi connectivity index (χ0) is 15.5. The summed E-state index contributed by atoms with van der Waals surface area (Å²) in [7, 11) is -0.0613. The standard InChI is InChI=1S/C12H18Cl2N2O3S/c1-8(6-16(2)3)15-20(18,19)12-4-9(7-17)10(13)5-11(12)14/h4-5,8,15,17H,6-7H2,1-3H3. The van der Waals surface area contributed by atoms with Crippen LogP contribution in [-0.4, -0.2) is 45.1 Å². The number of hydrogen-bond acceptors (Lipinski definition) is 4. The van der Waals surface area contributed by atoms with Gasteiger partial charge < -0.3 is 10.0 Å². The first-order chi connectivity index (χ1) is 9.17. The molecule has 0 bridgehead atoms. The molecule has 0 saturated carbocycles. The highest BCUT2D eigenvalue weighted by Crippen LogP contribution is 2.28. The number of likely N-dealkylation sites (N-methyl/N-ethyl adjacent to an activating group) is 1. The zero-order valence-electron chi connectivity index (χ0n) is 11.5. The van der Waals surface area contributed by atoms with Crippen LogP contribution in [0.25, 0.3) is 0 Å². The van der Waals surface area contributed by atoms with E-state index in [2.05, 4.69) is 4.72 Å². The van der Waals surface area contributed by atoms with E-state index in [0.29, 0.717) is 12.1 Å². The second-order valence-corrected chi connectivity index (χ2v) is 7.31. The van der Waals surface area contributed by atoms with Gasteiger partial charge in [0.15, 0.2) is 0 Å². The first-order valence-corrected chi connectivity index (χ1v) is 8.17. The van der Waals surface area contributed by atoms with Gasteiger partial charge in [0.05, 0.1) is 11.6 Å². The molecule has 0 aliphatic heterocycles. The van der Waals surface area contributed by atoms with Gasteiger partial charge >= 0.3 is 0 Å². The van der Waals surface area contributed by atoms with Crippen LogP contribution in [-0.2, 0) is 16.6 Å². The molecule has 1 aromatic rings. The lowest BCUT2D eigenvalue weighted by molar-refractivity contribution is 0.281. The number of benzene rings is 1. The third-order valence-electron chi connectivity index (χ3n) is 2.56. The molecule has 8 heteroatoms. The highest BCUT2D eigenvalue weighted by molar-refractivity contribution is 7.89. The summed E-state index contributed by atoms with van der Waals surface area (Å²) in [4.78, 5) is 1.79. The van der Waals surface area contributed by atoms with Gasteiger partial charge in [0.1, 0.15) is 4.90 Å². The highest BCUT2D eigenvalue weighted by Gasteiger charge is 2.22. The second kappa shape index (κ2) is 7.06. The Morgan fingerprint density at radius 2 is 1.90 bits per heavy atom. The monoisotopic (exact) mass is 340 g/mol. The Morgan fingerprint density at radius 3 is 2.40 bits per heavy atom. The van der Waals surface area contributed by atoms with Crippen LogP contribution in [0.3, 0.4) is 0 Å². The van der Waals surface area contributed by atoms with Crippen LogP contribution >= 0.6 is 23.2 Å². The Kier molecular flexibility index (Phi) is 6.25. The molecule has 20 heavy (non-hydrogen) atoms. The van der Waals surface area contributed by atoms with E-state index in [4.69, 9.17) is 28.3 Å². The minimum absolute atomic E-state index is 0.0248. The van der Waals surface area contributed by atoms with Gasteiger partial charge in [0, 0.05) is 17.6 Å². The predicted molar refractivity (Wildman–Crippen MR) is 80.7 cm³/mol. The number of sulfonamides is 1. The van der Waals surface area contributed by atoms with Crippen molar-refractivity contribution in [3.8, 4) is 0 Å². The highest BCUT2D eigenvalue weighted by atomic mass is 35.5. The summed E-state index contributed by atoms with van der Waals surface area (Å²) in [5.74, 6) is 0. The zero-order valence-corrected chi connectivity index (χ0v) is 13.8. The van der Waals surface area contributed by atoms with Gasteiger partial charge in [-0.3, -0.25) is 0 Å². The van der Waals surface area contributed by atoms with Gasteiger partial charge in [-0.25, -0.2) is 13.1 Å². The smallest absolute Gasteiger partial charge is 0.242 e. The van der Waals surface area contributed by atoms with Crippen LogP contribution < -0.4 is 4.72 Å². The first kappa shape index (κ1) is 17.7. The summed E-state index contributed by atoms with van der Waals surface area (Å²) in [6, 6.07) is 2.33. The molecule has 0 aromatic heterocycles. The van der Waals surface area contributed by atoms with Crippen LogP contribution in [0.4, 0.5) is 0 Å². The fourth-order valence-corrected chi connectivity index (χ4v) is 3.90. The normalized spacial score (nSPS) is 13.8. The Hall–Kier alpha value is -0.370. The van der Waals surface area contributed by atoms with E-state index in [0.717, 1.165) is 0 Å². The van der Waals surface area contributed by atoms with Crippen molar-refractivity contribution in [1.82, 2.24) is 9.62 Å². The molecule has 2 N–H and O–H groups in total. The van der Waals surface area contributed by atoms with Gasteiger partial charge in [-0.1, -0.05) is 23.2 Å². The number of halogens is 2. The molecule has 0 fully saturated rings. The summed E-state index contributed by atoms with van der Waals surface area (Å²) in [6.45, 7) is 1.96. The van der Waals surface area contributed by atoms with E-state index in [1.165, 1.54) is 12.1 Å². The van der Waals surface area contributed by atoms with Crippen molar-refractivity contribution in [3.63, 3.8) is 0 Å². The number of hydrogen-bond donors (Lipinski definition) is 2. The third-order valence-corrected chi connectivity index (χ3v) is 4.96. The van der Waals surface area contributed by atoms with Crippen LogP contribution in [0.15, 0.2) is 17.0 Å². The summed E-state index contributed by atoms with van der Waals surface area (Å²) >= 11 is 11.8. The molecule has 1 unspecified atom stereocenters. The average Bonchev–Trinajstić information content (AvgIpc) is 2.26. The molecular weight excluding hydrogens is 323 g/mol. The topological polar surface area (TPSA) is 69.6 Å². The van der Waals surface area contributed by atoms with Crippen LogP contribution in [0.2, 0.25) is 10.0 Å². The van der Waals surface area contributed by atoms with Gasteiger partial charge in [-0.2, -0.15) is 0 Å². The number of rotatable bonds is 6. The lowest BCUT2D eigenvalue weighted by Gasteiger charge is -2.19. The van der Waals surface area contributed by atoms with Crippen LogP contribution in [0.1, 0.15) is 12.5 Å². The molecule has 1 aromatic carbocycles. The average molecular weight is 341 g/mol. The van der Waals surface area contributed by atoms with Crippen LogP contribution in [0, 0.1) is 0 Å². The van der Waals surface area contributed by atoms with Crippen molar-refractivity contribution < 1.29 is 13.5 Å². The molecule has 0 radical (unpaired) electrons. The maximum absolute atomic E-state index is 12.3. The molecule has 1 atom stereocenters. The third kappa shape index (κ3) is 4.58. The fraction of sp³-hybridized carbons (Fsp3) is 0.500. The number of nitrogens with zero attached hydrogens (tertiary/aromatic N) is 1. The minimum atomic E-state index is -3.76. The summed E-state index contributed by atoms with van der Waals surface area (Å²) in [6.07, 6.45) is 0. The van der Waals surface area contributed by atoms with Crippen molar-refractivity contribution in [2.45, 2.75) is 24.5 Å². The molecule has 0 heterocycles. The quantitative estimate of drug-likeness (QED) is 0.827. The fourth-order valence-electron chi connectivity index (χ4n) is 1.81. The molecular formula is C12H18Cl2N2O3S. The van der Waals surface area contributed by atoms with Gasteiger partial charge in [0.2, 0.25) is 10.0 Å². The van der Waals surface area contributed by atoms with E-state index in [1.54, 1.807) is 6.92 Å². The van der Waals surface area contributed by atoms with Crippen LogP contribution in [0.5, 0.6) is 0 Å². The van der Waals surface area contributed by atoms with E-state index in [9.17, 15) is 8.42 Å². The molecule has 0 aliphatic carbocycles. The van der Waals surface area contributed by atoms with E-state index in [-0.39, 0.29) is 27.6 Å². The largest absolute Gasteiger partial charge is 0.392 e. The molecule has 0 saturated heterocycles. The Morgan fingerprint density at radius 1 is 1.30 bits per heavy atom. The van der Waals surface area contributed by atoms with Crippen molar-refractivity contribution >= 4 is 33.2 Å². The number of aliphatic hydroxyl groups is 1. The van der Waals surface area contributed by atoms with E-state index < -0.39 is 10.0 Å². The molecule has 1 rings (SSSR count). The first-order valence-electron chi connectivity index (χ1n) is 5.93. The van der Waals surface area contributed by atoms with Gasteiger partial charge in [-0.15, -0.1) is 0 Å². The Balaban J connectivity index is 3.09. The summed E-state index contributed by atoms with van der Waals surface area (Å²) in [5, 5.41) is 9.41. The van der Waals surface area contributed by atoms with E-state index in [1.807, 2.05) is 19.0 Å². The van der Waals surface area contributed by atoms with Crippen molar-refractivity contribution in [3.05, 3.63) is 27.7 Å². The van der Waals surface area contributed by atoms with Crippen molar-refractivity contribution in [2.24, 2.45) is 0 Å². The SMILES string of the molecule is CC(CN(C)C)NS(=O)(=O)c1cc(CO)c(Cl)cc1Cl. The molecule has 5 nitrogen and oxygen atoms in total. The van der Waals surface area contributed by atoms with Gasteiger partial charge in [0.25, 0.3) is 0 Å². The molecule has 0 aliphatic rings. The Labute approximate surface area is 129 Å². The molecule has 0 spiro atoms. The minimum Gasteiger partial charge on any atom is -0.392 e. The Bertz CT molecular complexity index is 576. The van der Waals surface area contributed by atoms with Crippen molar-refractivity contribution in [2.75, 3.05) is 20.6 Å². The second-order valence-electron chi connectivity index (χ2n) is 4.82. The maximum Gasteiger partial charge on any atom is 0.242 e. The lowest BCUT2D eigenvalue weighted by atomic mass is 10.2. The maximum atomic E-state index is 12.3. The molecule has 0 amide bonds. The van der Waals surface area contributed by atoms with Crippen molar-refractivity contribution in [1.29, 1.82) is 0 Å². The molecule has 114 valence electrons. The van der Waals surface area contributed by atoms with E-state index >= 15 is 0 Å². The number of nitrogens with one attached hydrogen (secondary N) is 1. The summed E-state index contributed by atoms with van der Waals surface area (Å²) < 4.78 is 27.1. The number of aliphatic hydroxyl groups excluding tert-OH is 1. The predicted octanol–water partition coefficient (Wildman–Crippen LogP) is 1.71. The van der Waals surface area contributed by atoms with Gasteiger partial charge in [-0.05, 0) is 38.7 Å².